The summed E-state index contributed by atoms with van der Waals surface area (Å²) in [6.07, 6.45) is 2.05. The molecule has 0 aromatic heterocycles. The molecule has 2 aliphatic rings. The molecule has 2 heterocycles. The van der Waals surface area contributed by atoms with Crippen LogP contribution in [-0.4, -0.2) is 61.0 Å². The van der Waals surface area contributed by atoms with Crippen LogP contribution in [0.25, 0.3) is 0 Å². The van der Waals surface area contributed by atoms with E-state index in [2.05, 4.69) is 65.7 Å². The van der Waals surface area contributed by atoms with Crippen molar-refractivity contribution in [2.45, 2.75) is 37.6 Å². The number of piperazine rings is 1. The number of para-hydroxylation sites is 1. The second kappa shape index (κ2) is 11.7. The maximum Gasteiger partial charge on any atom is 0.320 e. The average Bonchev–Trinajstić information content (AvgIpc) is 3.01. The van der Waals surface area contributed by atoms with E-state index in [0.717, 1.165) is 30.6 Å². The van der Waals surface area contributed by atoms with Gasteiger partial charge in [0.15, 0.2) is 0 Å². The molecule has 2 fully saturated rings. The van der Waals surface area contributed by atoms with Crippen LogP contribution in [0, 0.1) is 0 Å². The van der Waals surface area contributed by atoms with E-state index in [0.29, 0.717) is 39.0 Å². The highest BCUT2D eigenvalue weighted by molar-refractivity contribution is 5.89. The molecule has 1 N–H and O–H groups in total. The Morgan fingerprint density at radius 2 is 1.26 bits per heavy atom. The van der Waals surface area contributed by atoms with Crippen molar-refractivity contribution in [2.24, 2.45) is 0 Å². The van der Waals surface area contributed by atoms with E-state index in [9.17, 15) is 9.59 Å². The van der Waals surface area contributed by atoms with Crippen LogP contribution < -0.4 is 10.2 Å². The lowest BCUT2D eigenvalue weighted by atomic mass is 9.71. The van der Waals surface area contributed by atoms with Crippen LogP contribution in [0.15, 0.2) is 91.0 Å². The molecule has 6 heteroatoms. The normalized spacial score (nSPS) is 18.1. The summed E-state index contributed by atoms with van der Waals surface area (Å²) in [5.41, 5.74) is 2.71. The molecular formula is C32H38N4O2. The minimum Gasteiger partial charge on any atom is -0.368 e. The van der Waals surface area contributed by atoms with E-state index in [1.165, 1.54) is 5.69 Å². The first-order chi connectivity index (χ1) is 18.6. The van der Waals surface area contributed by atoms with Gasteiger partial charge in [-0.1, -0.05) is 85.8 Å². The third-order valence-corrected chi connectivity index (χ3v) is 8.24. The van der Waals surface area contributed by atoms with Gasteiger partial charge in [0.25, 0.3) is 0 Å². The third kappa shape index (κ3) is 5.40. The molecule has 0 saturated carbocycles. The maximum atomic E-state index is 14.0. The van der Waals surface area contributed by atoms with E-state index in [4.69, 9.17) is 0 Å². The number of hydrogen-bond donors (Lipinski definition) is 1. The van der Waals surface area contributed by atoms with Crippen molar-refractivity contribution >= 4 is 17.6 Å². The van der Waals surface area contributed by atoms with Crippen molar-refractivity contribution in [2.75, 3.05) is 44.2 Å². The number of likely N-dealkylation sites (tertiary alicyclic amines) is 1. The Labute approximate surface area is 226 Å². The molecule has 1 atom stereocenters. The highest BCUT2D eigenvalue weighted by Crippen LogP contribution is 2.37. The third-order valence-electron chi connectivity index (χ3n) is 8.24. The summed E-state index contributed by atoms with van der Waals surface area (Å²) in [6.45, 7) is 6.33. The number of nitrogens with zero attached hydrogens (tertiary/aromatic N) is 3. The Morgan fingerprint density at radius 1 is 0.737 bits per heavy atom. The molecule has 0 bridgehead atoms. The van der Waals surface area contributed by atoms with Crippen LogP contribution in [-0.2, 0) is 10.2 Å². The Balaban J connectivity index is 1.26. The molecule has 3 aromatic carbocycles. The van der Waals surface area contributed by atoms with Crippen LogP contribution in [0.2, 0.25) is 0 Å². The van der Waals surface area contributed by atoms with Gasteiger partial charge in [0, 0.05) is 45.0 Å². The summed E-state index contributed by atoms with van der Waals surface area (Å²) in [6, 6.07) is 30.7. The lowest BCUT2D eigenvalue weighted by Gasteiger charge is -2.44. The first kappa shape index (κ1) is 25.8. The lowest BCUT2D eigenvalue weighted by molar-refractivity contribution is -0.129. The van der Waals surface area contributed by atoms with Crippen molar-refractivity contribution in [3.05, 3.63) is 102 Å². The van der Waals surface area contributed by atoms with Gasteiger partial charge in [-0.2, -0.15) is 0 Å². The van der Waals surface area contributed by atoms with Gasteiger partial charge in [-0.15, -0.1) is 0 Å². The van der Waals surface area contributed by atoms with Gasteiger partial charge < -0.3 is 20.0 Å². The number of carbonyl (C=O) groups is 2. The van der Waals surface area contributed by atoms with Crippen molar-refractivity contribution in [3.63, 3.8) is 0 Å². The topological polar surface area (TPSA) is 55.9 Å². The summed E-state index contributed by atoms with van der Waals surface area (Å²) < 4.78 is 0. The molecule has 38 heavy (non-hydrogen) atoms. The first-order valence-corrected chi connectivity index (χ1v) is 13.9. The largest absolute Gasteiger partial charge is 0.368 e. The van der Waals surface area contributed by atoms with Gasteiger partial charge in [0.05, 0.1) is 11.5 Å². The predicted octanol–water partition coefficient (Wildman–Crippen LogP) is 5.23. The monoisotopic (exact) mass is 510 g/mol. The molecule has 198 valence electrons. The quantitative estimate of drug-likeness (QED) is 0.494. The van der Waals surface area contributed by atoms with E-state index in [1.54, 1.807) is 0 Å². The molecule has 0 spiro atoms. The van der Waals surface area contributed by atoms with E-state index < -0.39 is 5.41 Å². The van der Waals surface area contributed by atoms with Gasteiger partial charge in [0.1, 0.15) is 0 Å². The first-order valence-electron chi connectivity index (χ1n) is 13.9. The van der Waals surface area contributed by atoms with Gasteiger partial charge in [0.2, 0.25) is 5.91 Å². The fraction of sp³-hybridized carbons (Fsp3) is 0.375. The molecule has 3 aromatic rings. The van der Waals surface area contributed by atoms with Gasteiger partial charge in [-0.25, -0.2) is 4.79 Å². The number of piperidine rings is 1. The minimum absolute atomic E-state index is 0.0372. The zero-order chi connectivity index (χ0) is 26.4. The number of amides is 3. The Hall–Kier alpha value is -3.80. The molecule has 6 nitrogen and oxygen atoms in total. The fourth-order valence-corrected chi connectivity index (χ4v) is 5.88. The van der Waals surface area contributed by atoms with E-state index in [1.807, 2.05) is 52.3 Å². The number of hydrogen-bond acceptors (Lipinski definition) is 3. The van der Waals surface area contributed by atoms with E-state index >= 15 is 0 Å². The Kier molecular flexibility index (Phi) is 7.97. The minimum atomic E-state index is -0.647. The van der Waals surface area contributed by atoms with Crippen LogP contribution in [0.5, 0.6) is 0 Å². The van der Waals surface area contributed by atoms with Crippen molar-refractivity contribution in [1.82, 2.24) is 15.1 Å². The number of urea groups is 1. The maximum absolute atomic E-state index is 14.0. The summed E-state index contributed by atoms with van der Waals surface area (Å²) in [7, 11) is 0. The molecule has 0 unspecified atom stereocenters. The van der Waals surface area contributed by atoms with Crippen molar-refractivity contribution in [1.29, 1.82) is 0 Å². The number of anilines is 1. The SMILES string of the molecule is CC[C@H](NC(=O)C1(c2ccccc2)CCN(C(=O)N2CCN(c3ccccc3)CC2)CC1)c1ccccc1. The second-order valence-corrected chi connectivity index (χ2v) is 10.4. The fourth-order valence-electron chi connectivity index (χ4n) is 5.88. The van der Waals surface area contributed by atoms with E-state index in [-0.39, 0.29) is 18.0 Å². The zero-order valence-corrected chi connectivity index (χ0v) is 22.3. The molecule has 2 saturated heterocycles. The molecule has 0 aliphatic carbocycles. The number of nitrogens with one attached hydrogen (secondary N) is 1. The predicted molar refractivity (Wildman–Crippen MR) is 152 cm³/mol. The summed E-state index contributed by atoms with van der Waals surface area (Å²) in [4.78, 5) is 33.7. The molecule has 0 radical (unpaired) electrons. The number of benzene rings is 3. The highest BCUT2D eigenvalue weighted by Gasteiger charge is 2.44. The summed E-state index contributed by atoms with van der Waals surface area (Å²) >= 11 is 0. The average molecular weight is 511 g/mol. The smallest absolute Gasteiger partial charge is 0.320 e. The molecule has 2 aliphatic heterocycles. The Morgan fingerprint density at radius 3 is 1.84 bits per heavy atom. The van der Waals surface area contributed by atoms with Crippen molar-refractivity contribution in [3.8, 4) is 0 Å². The van der Waals surface area contributed by atoms with Gasteiger partial charge >= 0.3 is 6.03 Å². The van der Waals surface area contributed by atoms with Crippen molar-refractivity contribution < 1.29 is 9.59 Å². The van der Waals surface area contributed by atoms with Gasteiger partial charge in [-0.3, -0.25) is 4.79 Å². The molecule has 5 rings (SSSR count). The molecule has 3 amide bonds. The van der Waals surface area contributed by atoms with Crippen LogP contribution >= 0.6 is 0 Å². The van der Waals surface area contributed by atoms with Crippen LogP contribution in [0.1, 0.15) is 43.4 Å². The van der Waals surface area contributed by atoms with Crippen LogP contribution in [0.4, 0.5) is 10.5 Å². The van der Waals surface area contributed by atoms with Crippen LogP contribution in [0.3, 0.4) is 0 Å². The summed E-state index contributed by atoms with van der Waals surface area (Å²) in [5, 5.41) is 3.36. The Bertz CT molecular complexity index is 1190. The standard InChI is InChI=1S/C32H38N4O2/c1-2-29(26-12-6-3-7-13-26)33-30(37)32(27-14-8-4-9-15-27)18-20-35(21-19-32)31(38)36-24-22-34(23-25-36)28-16-10-5-11-17-28/h3-17,29H,2,18-25H2,1H3,(H,33,37)/t29-/m0/s1. The van der Waals surface area contributed by atoms with Gasteiger partial charge in [-0.05, 0) is 42.5 Å². The highest BCUT2D eigenvalue weighted by atomic mass is 16.2. The number of rotatable bonds is 6. The number of carbonyl (C=O) groups excluding carboxylic acids is 2. The zero-order valence-electron chi connectivity index (χ0n) is 22.3. The lowest BCUT2D eigenvalue weighted by Crippen LogP contribution is -2.57. The molecular weight excluding hydrogens is 472 g/mol. The second-order valence-electron chi connectivity index (χ2n) is 10.4. The summed E-state index contributed by atoms with van der Waals surface area (Å²) in [5.74, 6) is 0.0583.